The van der Waals surface area contributed by atoms with E-state index in [0.717, 1.165) is 43.9 Å². The molecule has 4 nitrogen and oxygen atoms in total. The first-order valence-corrected chi connectivity index (χ1v) is 7.74. The van der Waals surface area contributed by atoms with Crippen LogP contribution in [0.1, 0.15) is 36.2 Å². The number of ether oxygens (including phenoxy) is 1. The zero-order valence-electron chi connectivity index (χ0n) is 12.8. The van der Waals surface area contributed by atoms with Crippen molar-refractivity contribution in [2.75, 3.05) is 13.2 Å². The van der Waals surface area contributed by atoms with Gasteiger partial charge in [-0.3, -0.25) is 4.68 Å². The lowest BCUT2D eigenvalue weighted by Crippen LogP contribution is -2.22. The van der Waals surface area contributed by atoms with E-state index in [2.05, 4.69) is 41.6 Å². The van der Waals surface area contributed by atoms with Crippen molar-refractivity contribution in [1.29, 1.82) is 0 Å². The van der Waals surface area contributed by atoms with E-state index >= 15 is 0 Å². The Morgan fingerprint density at radius 3 is 3.05 bits per heavy atom. The van der Waals surface area contributed by atoms with Gasteiger partial charge in [0.1, 0.15) is 5.75 Å². The minimum Gasteiger partial charge on any atom is -0.493 e. The predicted octanol–water partition coefficient (Wildman–Crippen LogP) is 2.64. The number of nitrogens with one attached hydrogen (secondary N) is 1. The topological polar surface area (TPSA) is 39.1 Å². The van der Waals surface area contributed by atoms with Crippen molar-refractivity contribution in [1.82, 2.24) is 15.1 Å². The number of rotatable bonds is 6. The highest BCUT2D eigenvalue weighted by Gasteiger charge is 2.15. The molecule has 1 atom stereocenters. The number of hydrogen-bond acceptors (Lipinski definition) is 3. The molecule has 0 amide bonds. The first-order chi connectivity index (χ1) is 10.3. The Kier molecular flexibility index (Phi) is 4.25. The molecule has 1 aliphatic rings. The van der Waals surface area contributed by atoms with Crippen LogP contribution in [0, 0.1) is 0 Å². The van der Waals surface area contributed by atoms with Crippen LogP contribution < -0.4 is 10.1 Å². The minimum absolute atomic E-state index is 0.320. The molecule has 0 fully saturated rings. The molecule has 0 saturated carbocycles. The SMILES string of the molecule is CCNC(CCc1ccc2c(c1)CCO2)c1ccn(C)n1. The van der Waals surface area contributed by atoms with Gasteiger partial charge in [-0.05, 0) is 42.6 Å². The average molecular weight is 285 g/mol. The molecule has 1 aromatic carbocycles. The molecule has 0 radical (unpaired) electrons. The number of aryl methyl sites for hydroxylation is 2. The molecule has 1 N–H and O–H groups in total. The van der Waals surface area contributed by atoms with E-state index in [-0.39, 0.29) is 0 Å². The molecule has 1 unspecified atom stereocenters. The molecular formula is C17H23N3O. The molecule has 0 spiro atoms. The number of aromatic nitrogens is 2. The van der Waals surface area contributed by atoms with Crippen molar-refractivity contribution in [3.05, 3.63) is 47.3 Å². The maximum Gasteiger partial charge on any atom is 0.122 e. The Labute approximate surface area is 126 Å². The normalized spacial score (nSPS) is 14.8. The first-order valence-electron chi connectivity index (χ1n) is 7.74. The number of hydrogen-bond donors (Lipinski definition) is 1. The second-order valence-corrected chi connectivity index (χ2v) is 5.60. The highest BCUT2D eigenvalue weighted by molar-refractivity contribution is 5.39. The van der Waals surface area contributed by atoms with Crippen molar-refractivity contribution in [2.45, 2.75) is 32.2 Å². The van der Waals surface area contributed by atoms with Crippen molar-refractivity contribution in [3.63, 3.8) is 0 Å². The zero-order chi connectivity index (χ0) is 14.7. The summed E-state index contributed by atoms with van der Waals surface area (Å²) in [6.45, 7) is 3.93. The highest BCUT2D eigenvalue weighted by atomic mass is 16.5. The van der Waals surface area contributed by atoms with Gasteiger partial charge in [0.15, 0.2) is 0 Å². The van der Waals surface area contributed by atoms with Gasteiger partial charge in [0.25, 0.3) is 0 Å². The molecule has 1 aromatic heterocycles. The van der Waals surface area contributed by atoms with E-state index in [4.69, 9.17) is 4.74 Å². The van der Waals surface area contributed by atoms with E-state index in [1.165, 1.54) is 11.1 Å². The van der Waals surface area contributed by atoms with Crippen LogP contribution in [0.4, 0.5) is 0 Å². The van der Waals surface area contributed by atoms with E-state index < -0.39 is 0 Å². The zero-order valence-corrected chi connectivity index (χ0v) is 12.8. The van der Waals surface area contributed by atoms with Crippen molar-refractivity contribution >= 4 is 0 Å². The van der Waals surface area contributed by atoms with Gasteiger partial charge < -0.3 is 10.1 Å². The van der Waals surface area contributed by atoms with Crippen LogP contribution in [0.3, 0.4) is 0 Å². The molecule has 21 heavy (non-hydrogen) atoms. The summed E-state index contributed by atoms with van der Waals surface area (Å²) in [5.74, 6) is 1.06. The van der Waals surface area contributed by atoms with Crippen LogP contribution in [-0.4, -0.2) is 22.9 Å². The van der Waals surface area contributed by atoms with Gasteiger partial charge in [0.2, 0.25) is 0 Å². The van der Waals surface area contributed by atoms with Gasteiger partial charge in [0.05, 0.1) is 18.3 Å². The Balaban J connectivity index is 1.66. The summed E-state index contributed by atoms with van der Waals surface area (Å²) in [6.07, 6.45) is 5.17. The van der Waals surface area contributed by atoms with Gasteiger partial charge in [-0.15, -0.1) is 0 Å². The lowest BCUT2D eigenvalue weighted by atomic mass is 10.0. The fraction of sp³-hybridized carbons (Fsp3) is 0.471. The minimum atomic E-state index is 0.320. The Hall–Kier alpha value is -1.81. The molecule has 3 rings (SSSR count). The molecule has 4 heteroatoms. The van der Waals surface area contributed by atoms with Gasteiger partial charge in [-0.2, -0.15) is 5.10 Å². The fourth-order valence-electron chi connectivity index (χ4n) is 2.93. The Bertz CT molecular complexity index is 606. The lowest BCUT2D eigenvalue weighted by molar-refractivity contribution is 0.357. The van der Waals surface area contributed by atoms with Crippen molar-refractivity contribution in [3.8, 4) is 5.75 Å². The predicted molar refractivity (Wildman–Crippen MR) is 83.6 cm³/mol. The van der Waals surface area contributed by atoms with Crippen LogP contribution in [0.5, 0.6) is 5.75 Å². The fourth-order valence-corrected chi connectivity index (χ4v) is 2.93. The molecule has 1 aliphatic heterocycles. The van der Waals surface area contributed by atoms with E-state index in [0.29, 0.717) is 6.04 Å². The number of nitrogens with zero attached hydrogens (tertiary/aromatic N) is 2. The Morgan fingerprint density at radius 2 is 2.29 bits per heavy atom. The summed E-state index contributed by atoms with van der Waals surface area (Å²) in [4.78, 5) is 0. The second-order valence-electron chi connectivity index (χ2n) is 5.60. The average Bonchev–Trinajstić information content (AvgIpc) is 3.11. The lowest BCUT2D eigenvalue weighted by Gasteiger charge is -2.16. The van der Waals surface area contributed by atoms with Gasteiger partial charge in [-0.1, -0.05) is 19.1 Å². The quantitative estimate of drug-likeness (QED) is 0.887. The summed E-state index contributed by atoms with van der Waals surface area (Å²) < 4.78 is 7.43. The number of fused-ring (bicyclic) bond motifs is 1. The molecule has 112 valence electrons. The smallest absolute Gasteiger partial charge is 0.122 e. The third-order valence-corrected chi connectivity index (χ3v) is 4.02. The van der Waals surface area contributed by atoms with Crippen molar-refractivity contribution in [2.24, 2.45) is 7.05 Å². The molecule has 2 aromatic rings. The van der Waals surface area contributed by atoms with Gasteiger partial charge in [0, 0.05) is 19.7 Å². The highest BCUT2D eigenvalue weighted by Crippen LogP contribution is 2.27. The third kappa shape index (κ3) is 3.27. The van der Waals surface area contributed by atoms with Gasteiger partial charge >= 0.3 is 0 Å². The molecule has 2 heterocycles. The summed E-state index contributed by atoms with van der Waals surface area (Å²) >= 11 is 0. The van der Waals surface area contributed by atoms with Crippen LogP contribution in [0.2, 0.25) is 0 Å². The van der Waals surface area contributed by atoms with E-state index in [9.17, 15) is 0 Å². The van der Waals surface area contributed by atoms with Crippen LogP contribution in [0.25, 0.3) is 0 Å². The molecule has 0 aliphatic carbocycles. The van der Waals surface area contributed by atoms with Crippen LogP contribution in [0.15, 0.2) is 30.5 Å². The van der Waals surface area contributed by atoms with E-state index in [1.54, 1.807) is 0 Å². The number of benzene rings is 1. The summed E-state index contributed by atoms with van der Waals surface area (Å²) in [5.41, 5.74) is 3.87. The standard InChI is InChI=1S/C17H23N3O/c1-3-18-15(16-8-10-20(2)19-16)6-4-13-5-7-17-14(12-13)9-11-21-17/h5,7-8,10,12,15,18H,3-4,6,9,11H2,1-2H3. The largest absolute Gasteiger partial charge is 0.493 e. The molecule has 0 saturated heterocycles. The molecular weight excluding hydrogens is 262 g/mol. The summed E-state index contributed by atoms with van der Waals surface area (Å²) in [7, 11) is 1.97. The van der Waals surface area contributed by atoms with Crippen LogP contribution in [-0.2, 0) is 19.9 Å². The molecule has 0 bridgehead atoms. The maximum atomic E-state index is 5.56. The van der Waals surface area contributed by atoms with Crippen LogP contribution >= 0.6 is 0 Å². The Morgan fingerprint density at radius 1 is 1.38 bits per heavy atom. The monoisotopic (exact) mass is 285 g/mol. The second kappa shape index (κ2) is 6.31. The summed E-state index contributed by atoms with van der Waals surface area (Å²) in [6, 6.07) is 9.01. The third-order valence-electron chi connectivity index (χ3n) is 4.02. The van der Waals surface area contributed by atoms with Crippen molar-refractivity contribution < 1.29 is 4.74 Å². The van der Waals surface area contributed by atoms with Gasteiger partial charge in [-0.25, -0.2) is 0 Å². The first kappa shape index (κ1) is 14.1. The summed E-state index contributed by atoms with van der Waals surface area (Å²) in [5, 5.41) is 8.07. The maximum absolute atomic E-state index is 5.56. The van der Waals surface area contributed by atoms with E-state index in [1.807, 2.05) is 17.9 Å².